The van der Waals surface area contributed by atoms with E-state index in [2.05, 4.69) is 20.8 Å². The fraction of sp³-hybridized carbons (Fsp3) is 0.923. The molecule has 15 heavy (non-hydrogen) atoms. The van der Waals surface area contributed by atoms with Crippen LogP contribution >= 0.6 is 0 Å². The smallest absolute Gasteiger partial charge is 0.137 e. The maximum absolute atomic E-state index is 11.8. The summed E-state index contributed by atoms with van der Waals surface area (Å²) in [6, 6.07) is 0. The summed E-state index contributed by atoms with van der Waals surface area (Å²) in [4.78, 5) is 11.8. The molecule has 90 valence electrons. The molecule has 0 spiro atoms. The van der Waals surface area contributed by atoms with Gasteiger partial charge >= 0.3 is 0 Å². The molecule has 1 unspecified atom stereocenters. The van der Waals surface area contributed by atoms with Gasteiger partial charge in [0, 0.05) is 18.9 Å². The molecule has 0 saturated carbocycles. The summed E-state index contributed by atoms with van der Waals surface area (Å²) in [5.74, 6) is 1.05. The number of ketones is 1. The third kappa shape index (κ3) is 7.55. The Labute approximate surface area is 94.6 Å². The number of Topliss-reactive ketones (excluding diaryl/α,β-unsaturated/α-hetero) is 1. The molecule has 0 aromatic rings. The van der Waals surface area contributed by atoms with Gasteiger partial charge in [-0.1, -0.05) is 40.0 Å². The standard InChI is InChI=1S/C13H27NO/c1-4-5-6-7-8-13(15)12(10-14)9-11(2)3/h11-12H,4-10,14H2,1-3H3. The lowest BCUT2D eigenvalue weighted by Crippen LogP contribution is -2.25. The highest BCUT2D eigenvalue weighted by Crippen LogP contribution is 2.15. The van der Waals surface area contributed by atoms with Crippen molar-refractivity contribution in [2.45, 2.75) is 59.3 Å². The molecule has 0 amide bonds. The van der Waals surface area contributed by atoms with Crippen LogP contribution < -0.4 is 5.73 Å². The molecule has 2 heteroatoms. The summed E-state index contributed by atoms with van der Waals surface area (Å²) in [6.45, 7) is 6.99. The molecule has 0 radical (unpaired) electrons. The summed E-state index contributed by atoms with van der Waals surface area (Å²) in [5, 5.41) is 0. The van der Waals surface area contributed by atoms with Crippen molar-refractivity contribution in [2.24, 2.45) is 17.6 Å². The lowest BCUT2D eigenvalue weighted by molar-refractivity contribution is -0.123. The van der Waals surface area contributed by atoms with Crippen LogP contribution in [-0.2, 0) is 4.79 Å². The Kier molecular flexibility index (Phi) is 8.68. The Morgan fingerprint density at radius 2 is 1.87 bits per heavy atom. The van der Waals surface area contributed by atoms with Gasteiger partial charge in [-0.3, -0.25) is 4.79 Å². The number of hydrogen-bond donors (Lipinski definition) is 1. The monoisotopic (exact) mass is 213 g/mol. The maximum atomic E-state index is 11.8. The van der Waals surface area contributed by atoms with E-state index in [1.807, 2.05) is 0 Å². The van der Waals surface area contributed by atoms with Crippen molar-refractivity contribution in [3.05, 3.63) is 0 Å². The van der Waals surface area contributed by atoms with Crippen LogP contribution in [0.1, 0.15) is 59.3 Å². The van der Waals surface area contributed by atoms with Crippen molar-refractivity contribution in [2.75, 3.05) is 6.54 Å². The van der Waals surface area contributed by atoms with Gasteiger partial charge < -0.3 is 5.73 Å². The van der Waals surface area contributed by atoms with Gasteiger partial charge in [0.05, 0.1) is 0 Å². The molecule has 0 aliphatic heterocycles. The van der Waals surface area contributed by atoms with E-state index in [1.54, 1.807) is 0 Å². The van der Waals surface area contributed by atoms with Crippen molar-refractivity contribution in [3.8, 4) is 0 Å². The molecule has 0 aromatic carbocycles. The maximum Gasteiger partial charge on any atom is 0.137 e. The van der Waals surface area contributed by atoms with Crippen LogP contribution in [-0.4, -0.2) is 12.3 Å². The second kappa shape index (κ2) is 8.90. The summed E-state index contributed by atoms with van der Waals surface area (Å²) in [7, 11) is 0. The molecule has 2 N–H and O–H groups in total. The average Bonchev–Trinajstić information content (AvgIpc) is 2.20. The Morgan fingerprint density at radius 1 is 1.20 bits per heavy atom. The van der Waals surface area contributed by atoms with Crippen molar-refractivity contribution in [1.82, 2.24) is 0 Å². The average molecular weight is 213 g/mol. The highest BCUT2D eigenvalue weighted by molar-refractivity contribution is 5.81. The quantitative estimate of drug-likeness (QED) is 0.598. The van der Waals surface area contributed by atoms with Crippen LogP contribution in [0.3, 0.4) is 0 Å². The zero-order valence-corrected chi connectivity index (χ0v) is 10.6. The summed E-state index contributed by atoms with van der Waals surface area (Å²) in [6.07, 6.45) is 6.37. The third-order valence-corrected chi connectivity index (χ3v) is 2.77. The SMILES string of the molecule is CCCCCCC(=O)C(CN)CC(C)C. The van der Waals surface area contributed by atoms with Crippen LogP contribution in [0.5, 0.6) is 0 Å². The van der Waals surface area contributed by atoms with Gasteiger partial charge in [-0.15, -0.1) is 0 Å². The zero-order chi connectivity index (χ0) is 11.7. The minimum absolute atomic E-state index is 0.103. The molecular weight excluding hydrogens is 186 g/mol. The minimum atomic E-state index is 0.103. The summed E-state index contributed by atoms with van der Waals surface area (Å²) < 4.78 is 0. The van der Waals surface area contributed by atoms with Crippen molar-refractivity contribution >= 4 is 5.78 Å². The van der Waals surface area contributed by atoms with Gasteiger partial charge in [0.1, 0.15) is 5.78 Å². The fourth-order valence-corrected chi connectivity index (χ4v) is 1.86. The number of carbonyl (C=O) groups is 1. The largest absolute Gasteiger partial charge is 0.330 e. The zero-order valence-electron chi connectivity index (χ0n) is 10.6. The first-order valence-electron chi connectivity index (χ1n) is 6.34. The Hall–Kier alpha value is -0.370. The molecule has 0 saturated heterocycles. The second-order valence-corrected chi connectivity index (χ2v) is 4.84. The molecule has 0 heterocycles. The van der Waals surface area contributed by atoms with E-state index in [1.165, 1.54) is 19.3 Å². The third-order valence-electron chi connectivity index (χ3n) is 2.77. The highest BCUT2D eigenvalue weighted by Gasteiger charge is 2.17. The molecule has 0 fully saturated rings. The number of unbranched alkanes of at least 4 members (excludes halogenated alkanes) is 3. The number of nitrogens with two attached hydrogens (primary N) is 1. The summed E-state index contributed by atoms with van der Waals surface area (Å²) in [5.41, 5.74) is 5.63. The predicted molar refractivity (Wildman–Crippen MR) is 65.8 cm³/mol. The van der Waals surface area contributed by atoms with Gasteiger partial charge in [0.25, 0.3) is 0 Å². The molecule has 0 aliphatic carbocycles. The minimum Gasteiger partial charge on any atom is -0.330 e. The van der Waals surface area contributed by atoms with Gasteiger partial charge in [0.15, 0.2) is 0 Å². The molecular formula is C13H27NO. The van der Waals surface area contributed by atoms with Crippen molar-refractivity contribution in [3.63, 3.8) is 0 Å². The van der Waals surface area contributed by atoms with Crippen LogP contribution in [0.4, 0.5) is 0 Å². The van der Waals surface area contributed by atoms with E-state index in [0.717, 1.165) is 19.3 Å². The lowest BCUT2D eigenvalue weighted by atomic mass is 9.91. The van der Waals surface area contributed by atoms with E-state index in [-0.39, 0.29) is 5.92 Å². The number of hydrogen-bond acceptors (Lipinski definition) is 2. The van der Waals surface area contributed by atoms with Gasteiger partial charge in [0.2, 0.25) is 0 Å². The van der Waals surface area contributed by atoms with Crippen LogP contribution in [0.2, 0.25) is 0 Å². The Morgan fingerprint density at radius 3 is 2.33 bits per heavy atom. The fourth-order valence-electron chi connectivity index (χ4n) is 1.86. The van der Waals surface area contributed by atoms with Gasteiger partial charge in [-0.05, 0) is 18.8 Å². The molecule has 1 atom stereocenters. The number of rotatable bonds is 9. The first kappa shape index (κ1) is 14.6. The molecule has 0 aromatic heterocycles. The van der Waals surface area contributed by atoms with E-state index < -0.39 is 0 Å². The molecule has 0 aliphatic rings. The molecule has 0 rings (SSSR count). The van der Waals surface area contributed by atoms with Crippen LogP contribution in [0.25, 0.3) is 0 Å². The van der Waals surface area contributed by atoms with E-state index in [0.29, 0.717) is 18.2 Å². The lowest BCUT2D eigenvalue weighted by Gasteiger charge is -2.15. The Balaban J connectivity index is 3.73. The first-order chi connectivity index (χ1) is 7.11. The van der Waals surface area contributed by atoms with Crippen molar-refractivity contribution in [1.29, 1.82) is 0 Å². The van der Waals surface area contributed by atoms with E-state index in [9.17, 15) is 4.79 Å². The molecule has 2 nitrogen and oxygen atoms in total. The topological polar surface area (TPSA) is 43.1 Å². The first-order valence-corrected chi connectivity index (χ1v) is 6.34. The van der Waals surface area contributed by atoms with Gasteiger partial charge in [-0.2, -0.15) is 0 Å². The Bertz CT molecular complexity index is 166. The number of carbonyl (C=O) groups excluding carboxylic acids is 1. The predicted octanol–water partition coefficient (Wildman–Crippen LogP) is 3.15. The van der Waals surface area contributed by atoms with Crippen LogP contribution in [0.15, 0.2) is 0 Å². The van der Waals surface area contributed by atoms with Gasteiger partial charge in [-0.25, -0.2) is 0 Å². The summed E-state index contributed by atoms with van der Waals surface area (Å²) >= 11 is 0. The van der Waals surface area contributed by atoms with Crippen LogP contribution in [0, 0.1) is 11.8 Å². The second-order valence-electron chi connectivity index (χ2n) is 4.84. The molecule has 0 bridgehead atoms. The van der Waals surface area contributed by atoms with E-state index >= 15 is 0 Å². The highest BCUT2D eigenvalue weighted by atomic mass is 16.1. The normalized spacial score (nSPS) is 13.1. The van der Waals surface area contributed by atoms with Crippen molar-refractivity contribution < 1.29 is 4.79 Å². The van der Waals surface area contributed by atoms with E-state index in [4.69, 9.17) is 5.73 Å².